The fourth-order valence-corrected chi connectivity index (χ4v) is 7.97. The molecular formula is C51H32N4O. The van der Waals surface area contributed by atoms with Crippen LogP contribution in [0.25, 0.3) is 106 Å². The Hall–Kier alpha value is -7.63. The number of hydrogen-bond donors (Lipinski definition) is 0. The molecule has 0 N–H and O–H groups in total. The van der Waals surface area contributed by atoms with E-state index in [-0.39, 0.29) is 0 Å². The third-order valence-corrected chi connectivity index (χ3v) is 10.7. The molecule has 8 aromatic carbocycles. The topological polar surface area (TPSA) is 56.7 Å². The van der Waals surface area contributed by atoms with Crippen LogP contribution in [0.2, 0.25) is 0 Å². The van der Waals surface area contributed by atoms with Gasteiger partial charge in [0.2, 0.25) is 0 Å². The SMILES string of the molecule is c1ccc(-c2ccc(-c3nc(-c4ccccc4)nc(-c4cccc5c6ccccc6n(-c6ccc7oc8ccc(-c9ccccc9)cc8c7c6)c45)n3)cc2)cc1. The second-order valence-electron chi connectivity index (χ2n) is 14.0. The lowest BCUT2D eigenvalue weighted by Gasteiger charge is -2.13. The molecule has 3 aromatic heterocycles. The van der Waals surface area contributed by atoms with Gasteiger partial charge in [-0.05, 0) is 64.7 Å². The third kappa shape index (κ3) is 5.37. The van der Waals surface area contributed by atoms with Crippen molar-refractivity contribution in [3.63, 3.8) is 0 Å². The first-order valence-electron chi connectivity index (χ1n) is 18.8. The number of rotatable bonds is 6. The molecule has 0 atom stereocenters. The molecule has 5 nitrogen and oxygen atoms in total. The lowest BCUT2D eigenvalue weighted by Crippen LogP contribution is -2.02. The highest BCUT2D eigenvalue weighted by atomic mass is 16.3. The van der Waals surface area contributed by atoms with Crippen molar-refractivity contribution in [2.24, 2.45) is 0 Å². The predicted octanol–water partition coefficient (Wildman–Crippen LogP) is 13.2. The first kappa shape index (κ1) is 31.9. The molecule has 11 rings (SSSR count). The molecule has 0 bridgehead atoms. The highest BCUT2D eigenvalue weighted by Crippen LogP contribution is 2.40. The average Bonchev–Trinajstić information content (AvgIpc) is 3.82. The van der Waals surface area contributed by atoms with Gasteiger partial charge in [0.15, 0.2) is 17.5 Å². The molecule has 0 radical (unpaired) electrons. The summed E-state index contributed by atoms with van der Waals surface area (Å²) in [5.41, 5.74) is 12.3. The molecular weight excluding hydrogens is 685 g/mol. The smallest absolute Gasteiger partial charge is 0.166 e. The van der Waals surface area contributed by atoms with Crippen LogP contribution < -0.4 is 0 Å². The van der Waals surface area contributed by atoms with Crippen LogP contribution in [0.15, 0.2) is 199 Å². The summed E-state index contributed by atoms with van der Waals surface area (Å²) >= 11 is 0. The van der Waals surface area contributed by atoms with E-state index < -0.39 is 0 Å². The standard InChI is InChI=1S/C51H32N4O/c1-4-13-33(14-5-1)35-23-25-37(26-24-35)50-52-49(36-17-8-3-9-18-36)53-51(54-50)42-21-12-20-41-40-19-10-11-22-45(40)55(48(41)42)39-28-30-47-44(32-39)43-31-38(27-29-46(43)56-47)34-15-6-2-7-16-34/h1-32H. The number of hydrogen-bond acceptors (Lipinski definition) is 4. The van der Waals surface area contributed by atoms with E-state index in [0.29, 0.717) is 17.5 Å². The zero-order chi connectivity index (χ0) is 37.0. The largest absolute Gasteiger partial charge is 0.456 e. The van der Waals surface area contributed by atoms with Crippen molar-refractivity contribution in [3.8, 4) is 62.1 Å². The second-order valence-corrected chi connectivity index (χ2v) is 14.0. The van der Waals surface area contributed by atoms with Gasteiger partial charge in [0.1, 0.15) is 11.2 Å². The number of nitrogens with zero attached hydrogens (tertiary/aromatic N) is 4. The lowest BCUT2D eigenvalue weighted by atomic mass is 10.0. The molecule has 0 saturated heterocycles. The van der Waals surface area contributed by atoms with Crippen molar-refractivity contribution in [1.82, 2.24) is 19.5 Å². The fourth-order valence-electron chi connectivity index (χ4n) is 7.97. The van der Waals surface area contributed by atoms with E-state index in [2.05, 4.69) is 156 Å². The maximum Gasteiger partial charge on any atom is 0.166 e. The maximum atomic E-state index is 6.39. The van der Waals surface area contributed by atoms with Crippen LogP contribution in [-0.2, 0) is 0 Å². The Morgan fingerprint density at radius 1 is 0.339 bits per heavy atom. The van der Waals surface area contributed by atoms with Gasteiger partial charge in [-0.15, -0.1) is 0 Å². The minimum atomic E-state index is 0.609. The summed E-state index contributed by atoms with van der Waals surface area (Å²) in [5.74, 6) is 1.85. The quantitative estimate of drug-likeness (QED) is 0.172. The zero-order valence-electron chi connectivity index (χ0n) is 30.2. The summed E-state index contributed by atoms with van der Waals surface area (Å²) in [7, 11) is 0. The van der Waals surface area contributed by atoms with Crippen molar-refractivity contribution in [1.29, 1.82) is 0 Å². The van der Waals surface area contributed by atoms with Crippen LogP contribution >= 0.6 is 0 Å². The van der Waals surface area contributed by atoms with Crippen LogP contribution in [0.5, 0.6) is 0 Å². The van der Waals surface area contributed by atoms with Gasteiger partial charge >= 0.3 is 0 Å². The summed E-state index contributed by atoms with van der Waals surface area (Å²) < 4.78 is 8.74. The molecule has 0 aliphatic carbocycles. The number of benzene rings is 8. The molecule has 0 unspecified atom stereocenters. The average molecular weight is 717 g/mol. The summed E-state index contributed by atoms with van der Waals surface area (Å²) in [6.45, 7) is 0. The van der Waals surface area contributed by atoms with Gasteiger partial charge in [0.05, 0.1) is 11.0 Å². The van der Waals surface area contributed by atoms with Crippen molar-refractivity contribution >= 4 is 43.7 Å². The normalized spacial score (nSPS) is 11.6. The first-order valence-corrected chi connectivity index (χ1v) is 18.8. The van der Waals surface area contributed by atoms with Crippen LogP contribution in [0, 0.1) is 0 Å². The summed E-state index contributed by atoms with van der Waals surface area (Å²) in [5, 5.41) is 4.42. The molecule has 11 aromatic rings. The predicted molar refractivity (Wildman–Crippen MR) is 229 cm³/mol. The Morgan fingerprint density at radius 3 is 1.55 bits per heavy atom. The molecule has 0 aliphatic rings. The minimum Gasteiger partial charge on any atom is -0.456 e. The molecule has 56 heavy (non-hydrogen) atoms. The van der Waals surface area contributed by atoms with Crippen molar-refractivity contribution in [3.05, 3.63) is 194 Å². The van der Waals surface area contributed by atoms with Gasteiger partial charge < -0.3 is 8.98 Å². The number of fused-ring (bicyclic) bond motifs is 6. The van der Waals surface area contributed by atoms with Crippen LogP contribution in [0.4, 0.5) is 0 Å². The summed E-state index contributed by atoms with van der Waals surface area (Å²) in [6.07, 6.45) is 0. The monoisotopic (exact) mass is 716 g/mol. The van der Waals surface area contributed by atoms with Gasteiger partial charge in [-0.25, -0.2) is 15.0 Å². The van der Waals surface area contributed by atoms with E-state index in [4.69, 9.17) is 19.4 Å². The van der Waals surface area contributed by atoms with Gasteiger partial charge in [-0.2, -0.15) is 0 Å². The molecule has 262 valence electrons. The fraction of sp³-hybridized carbons (Fsp3) is 0. The molecule has 5 heteroatoms. The zero-order valence-corrected chi connectivity index (χ0v) is 30.2. The van der Waals surface area contributed by atoms with E-state index in [0.717, 1.165) is 82.8 Å². The third-order valence-electron chi connectivity index (χ3n) is 10.7. The number of furan rings is 1. The summed E-state index contributed by atoms with van der Waals surface area (Å²) in [4.78, 5) is 15.5. The van der Waals surface area contributed by atoms with Gasteiger partial charge in [-0.1, -0.05) is 152 Å². The van der Waals surface area contributed by atoms with Crippen LogP contribution in [0.1, 0.15) is 0 Å². The molecule has 0 aliphatic heterocycles. The van der Waals surface area contributed by atoms with Crippen LogP contribution in [0.3, 0.4) is 0 Å². The Labute approximate surface area is 322 Å². The van der Waals surface area contributed by atoms with E-state index in [9.17, 15) is 0 Å². The van der Waals surface area contributed by atoms with Gasteiger partial charge in [0.25, 0.3) is 0 Å². The highest BCUT2D eigenvalue weighted by molar-refractivity contribution is 6.14. The second kappa shape index (κ2) is 13.0. The Bertz CT molecular complexity index is 3220. The minimum absolute atomic E-state index is 0.609. The summed E-state index contributed by atoms with van der Waals surface area (Å²) in [6, 6.07) is 67.4. The Morgan fingerprint density at radius 2 is 0.839 bits per heavy atom. The highest BCUT2D eigenvalue weighted by Gasteiger charge is 2.21. The van der Waals surface area contributed by atoms with E-state index in [1.807, 2.05) is 42.5 Å². The van der Waals surface area contributed by atoms with Crippen molar-refractivity contribution in [2.45, 2.75) is 0 Å². The number of aromatic nitrogens is 4. The van der Waals surface area contributed by atoms with Gasteiger partial charge in [0, 0.05) is 43.9 Å². The van der Waals surface area contributed by atoms with E-state index >= 15 is 0 Å². The van der Waals surface area contributed by atoms with Crippen molar-refractivity contribution < 1.29 is 4.42 Å². The van der Waals surface area contributed by atoms with E-state index in [1.165, 1.54) is 5.56 Å². The molecule has 3 heterocycles. The molecule has 0 amide bonds. The first-order chi connectivity index (χ1) is 27.7. The van der Waals surface area contributed by atoms with Gasteiger partial charge in [-0.3, -0.25) is 0 Å². The molecule has 0 fully saturated rings. The Kier molecular flexibility index (Phi) is 7.42. The lowest BCUT2D eigenvalue weighted by molar-refractivity contribution is 0.669. The number of para-hydroxylation sites is 2. The molecule has 0 saturated carbocycles. The van der Waals surface area contributed by atoms with Crippen molar-refractivity contribution in [2.75, 3.05) is 0 Å². The molecule has 0 spiro atoms. The maximum absolute atomic E-state index is 6.39. The van der Waals surface area contributed by atoms with E-state index in [1.54, 1.807) is 0 Å². The Balaban J connectivity index is 1.13. The van der Waals surface area contributed by atoms with Crippen LogP contribution in [-0.4, -0.2) is 19.5 Å².